The van der Waals surface area contributed by atoms with Crippen molar-refractivity contribution in [2.24, 2.45) is 5.92 Å². The maximum absolute atomic E-state index is 12.4. The molecule has 1 fully saturated rings. The van der Waals surface area contributed by atoms with E-state index in [9.17, 15) is 23.2 Å². The Bertz CT molecular complexity index is 656. The van der Waals surface area contributed by atoms with Crippen molar-refractivity contribution in [2.75, 3.05) is 11.4 Å². The lowest BCUT2D eigenvalue weighted by molar-refractivity contribution is -0.143. The van der Waals surface area contributed by atoms with Crippen LogP contribution in [0.5, 0.6) is 0 Å². The van der Waals surface area contributed by atoms with Crippen LogP contribution in [0.1, 0.15) is 12.8 Å². The normalized spacial score (nSPS) is 18.8. The number of aliphatic carboxylic acids is 1. The molecule has 0 spiro atoms. The molecule has 2 rings (SSSR count). The molecule has 0 aliphatic carbocycles. The fourth-order valence-electron chi connectivity index (χ4n) is 2.48. The highest BCUT2D eigenvalue weighted by molar-refractivity contribution is 6.33. The van der Waals surface area contributed by atoms with Gasteiger partial charge in [0.2, 0.25) is 18.2 Å². The zero-order valence-electron chi connectivity index (χ0n) is 12.4. The van der Waals surface area contributed by atoms with E-state index in [0.29, 0.717) is 10.7 Å². The molecule has 2 N–H and O–H groups in total. The van der Waals surface area contributed by atoms with Crippen molar-refractivity contribution in [1.29, 1.82) is 0 Å². The van der Waals surface area contributed by atoms with Crippen LogP contribution in [0.2, 0.25) is 5.02 Å². The standard InChI is InChI=1S/C15H15ClF2N2O4/c16-9-3-1-2-4-11(9)20-7-8(5-13(20)21)14(22)19-10(15(23)24)6-12(17)18/h1-4,8,10,12H,5-7H2,(H,19,22)(H,23,24). The minimum Gasteiger partial charge on any atom is -0.480 e. The molecule has 24 heavy (non-hydrogen) atoms. The molecule has 2 unspecified atom stereocenters. The Hall–Kier alpha value is -2.22. The van der Waals surface area contributed by atoms with Crippen LogP contribution in [0.3, 0.4) is 0 Å². The van der Waals surface area contributed by atoms with Gasteiger partial charge in [0.05, 0.1) is 16.6 Å². The summed E-state index contributed by atoms with van der Waals surface area (Å²) in [6, 6.07) is 4.91. The van der Waals surface area contributed by atoms with Gasteiger partial charge in [-0.15, -0.1) is 0 Å². The van der Waals surface area contributed by atoms with Crippen molar-refractivity contribution < 1.29 is 28.3 Å². The number of nitrogens with zero attached hydrogens (tertiary/aromatic N) is 1. The Kier molecular flexibility index (Phi) is 5.71. The Balaban J connectivity index is 2.06. The number of carbonyl (C=O) groups is 3. The number of hydrogen-bond acceptors (Lipinski definition) is 3. The van der Waals surface area contributed by atoms with Crippen LogP contribution in [-0.4, -0.2) is 41.9 Å². The lowest BCUT2D eigenvalue weighted by Crippen LogP contribution is -2.45. The number of anilines is 1. The van der Waals surface area contributed by atoms with Crippen molar-refractivity contribution in [3.8, 4) is 0 Å². The first-order valence-corrected chi connectivity index (χ1v) is 7.53. The van der Waals surface area contributed by atoms with Gasteiger partial charge in [-0.25, -0.2) is 13.6 Å². The highest BCUT2D eigenvalue weighted by Gasteiger charge is 2.37. The van der Waals surface area contributed by atoms with Gasteiger partial charge in [0.15, 0.2) is 0 Å². The molecule has 1 aromatic carbocycles. The van der Waals surface area contributed by atoms with Crippen molar-refractivity contribution in [2.45, 2.75) is 25.3 Å². The molecular formula is C15H15ClF2N2O4. The number of amides is 2. The number of nitrogens with one attached hydrogen (secondary N) is 1. The van der Waals surface area contributed by atoms with Gasteiger partial charge in [-0.05, 0) is 12.1 Å². The maximum Gasteiger partial charge on any atom is 0.326 e. The molecule has 0 saturated carbocycles. The highest BCUT2D eigenvalue weighted by atomic mass is 35.5. The second-order valence-corrected chi connectivity index (χ2v) is 5.79. The Morgan fingerprint density at radius 1 is 1.38 bits per heavy atom. The van der Waals surface area contributed by atoms with Gasteiger partial charge >= 0.3 is 5.97 Å². The average molecular weight is 361 g/mol. The Morgan fingerprint density at radius 2 is 2.04 bits per heavy atom. The summed E-state index contributed by atoms with van der Waals surface area (Å²) in [7, 11) is 0. The Morgan fingerprint density at radius 3 is 2.62 bits per heavy atom. The molecule has 1 saturated heterocycles. The van der Waals surface area contributed by atoms with Gasteiger partial charge in [-0.2, -0.15) is 0 Å². The number of carboxylic acid groups (broad SMARTS) is 1. The van der Waals surface area contributed by atoms with E-state index in [4.69, 9.17) is 16.7 Å². The fourth-order valence-corrected chi connectivity index (χ4v) is 2.71. The van der Waals surface area contributed by atoms with Gasteiger partial charge in [0.25, 0.3) is 0 Å². The van der Waals surface area contributed by atoms with Gasteiger partial charge in [0, 0.05) is 19.4 Å². The molecule has 1 aliphatic rings. The lowest BCUT2D eigenvalue weighted by Gasteiger charge is -2.19. The summed E-state index contributed by atoms with van der Waals surface area (Å²) in [5.74, 6) is -3.46. The molecule has 2 atom stereocenters. The summed E-state index contributed by atoms with van der Waals surface area (Å²) in [4.78, 5) is 36.5. The molecule has 9 heteroatoms. The molecule has 1 aliphatic heterocycles. The highest BCUT2D eigenvalue weighted by Crippen LogP contribution is 2.31. The number of benzene rings is 1. The van der Waals surface area contributed by atoms with Gasteiger partial charge in [-0.1, -0.05) is 23.7 Å². The minimum atomic E-state index is -2.86. The average Bonchev–Trinajstić information content (AvgIpc) is 2.88. The number of halogens is 3. The predicted octanol–water partition coefficient (Wildman–Crippen LogP) is 1.92. The van der Waals surface area contributed by atoms with Gasteiger partial charge in [0.1, 0.15) is 6.04 Å². The molecular weight excluding hydrogens is 346 g/mol. The smallest absolute Gasteiger partial charge is 0.326 e. The van der Waals surface area contributed by atoms with Crippen molar-refractivity contribution in [3.05, 3.63) is 29.3 Å². The predicted molar refractivity (Wildman–Crippen MR) is 82.1 cm³/mol. The minimum absolute atomic E-state index is 0.00934. The van der Waals surface area contributed by atoms with Gasteiger partial charge in [-0.3, -0.25) is 9.59 Å². The van der Waals surface area contributed by atoms with Crippen molar-refractivity contribution in [3.63, 3.8) is 0 Å². The van der Waals surface area contributed by atoms with Crippen LogP contribution in [-0.2, 0) is 14.4 Å². The van der Waals surface area contributed by atoms with E-state index in [2.05, 4.69) is 5.32 Å². The Labute approximate surface area is 141 Å². The third-order valence-corrected chi connectivity index (χ3v) is 3.99. The first-order valence-electron chi connectivity index (χ1n) is 7.15. The van der Waals surface area contributed by atoms with E-state index >= 15 is 0 Å². The van der Waals surface area contributed by atoms with Crippen LogP contribution >= 0.6 is 11.6 Å². The summed E-state index contributed by atoms with van der Waals surface area (Å²) in [6.07, 6.45) is -4.00. The monoisotopic (exact) mass is 360 g/mol. The first-order chi connectivity index (χ1) is 11.3. The largest absolute Gasteiger partial charge is 0.480 e. The number of para-hydroxylation sites is 1. The van der Waals surface area contributed by atoms with E-state index in [1.165, 1.54) is 4.90 Å². The van der Waals surface area contributed by atoms with Crippen LogP contribution in [0.4, 0.5) is 14.5 Å². The molecule has 0 bridgehead atoms. The van der Waals surface area contributed by atoms with Gasteiger partial charge < -0.3 is 15.3 Å². The number of rotatable bonds is 6. The van der Waals surface area contributed by atoms with Crippen LogP contribution in [0, 0.1) is 5.92 Å². The molecule has 6 nitrogen and oxygen atoms in total. The fraction of sp³-hybridized carbons (Fsp3) is 0.400. The van der Waals surface area contributed by atoms with E-state index < -0.39 is 36.7 Å². The number of hydrogen-bond donors (Lipinski definition) is 2. The van der Waals surface area contributed by atoms with Crippen molar-refractivity contribution >= 4 is 35.1 Å². The maximum atomic E-state index is 12.4. The van der Waals surface area contributed by atoms with E-state index in [1.54, 1.807) is 24.3 Å². The SMILES string of the molecule is O=C(NC(CC(F)F)C(=O)O)C1CC(=O)N(c2ccccc2Cl)C1. The van der Waals surface area contributed by atoms with Crippen LogP contribution in [0.15, 0.2) is 24.3 Å². The zero-order chi connectivity index (χ0) is 17.9. The van der Waals surface area contributed by atoms with E-state index in [-0.39, 0.29) is 18.9 Å². The third-order valence-electron chi connectivity index (χ3n) is 3.67. The summed E-state index contributed by atoms with van der Waals surface area (Å²) in [5, 5.41) is 11.3. The summed E-state index contributed by atoms with van der Waals surface area (Å²) >= 11 is 6.02. The number of carbonyl (C=O) groups excluding carboxylic acids is 2. The molecule has 1 heterocycles. The third kappa shape index (κ3) is 4.19. The summed E-state index contributed by atoms with van der Waals surface area (Å²) < 4.78 is 24.7. The quantitative estimate of drug-likeness (QED) is 0.811. The van der Waals surface area contributed by atoms with Crippen LogP contribution < -0.4 is 10.2 Å². The number of alkyl halides is 2. The molecule has 130 valence electrons. The second kappa shape index (κ2) is 7.57. The number of carboxylic acids is 1. The lowest BCUT2D eigenvalue weighted by atomic mass is 10.1. The molecule has 2 amide bonds. The van der Waals surface area contributed by atoms with Crippen molar-refractivity contribution in [1.82, 2.24) is 5.32 Å². The summed E-state index contributed by atoms with van der Waals surface area (Å²) in [6.45, 7) is 0.00934. The van der Waals surface area contributed by atoms with E-state index in [1.807, 2.05) is 0 Å². The topological polar surface area (TPSA) is 86.7 Å². The first kappa shape index (κ1) is 18.1. The molecule has 0 radical (unpaired) electrons. The molecule has 0 aromatic heterocycles. The zero-order valence-corrected chi connectivity index (χ0v) is 13.2. The summed E-state index contributed by atoms with van der Waals surface area (Å²) in [5.41, 5.74) is 0.446. The molecule has 1 aromatic rings. The second-order valence-electron chi connectivity index (χ2n) is 5.38. The van der Waals surface area contributed by atoms with E-state index in [0.717, 1.165) is 0 Å². The van der Waals surface area contributed by atoms with Crippen LogP contribution in [0.25, 0.3) is 0 Å².